The fraction of sp³-hybridized carbons (Fsp3) is 0.889. The molecule has 0 aromatic heterocycles. The van der Waals surface area contributed by atoms with Gasteiger partial charge in [-0.3, -0.25) is 19.2 Å². The largest absolute Gasteiger partial charge is 0.463 e. The minimum Gasteiger partial charge on any atom is -0.463 e. The quantitative estimate of drug-likeness (QED) is 0.0860. The summed E-state index contributed by atoms with van der Waals surface area (Å²) in [4.78, 5) is 47.5. The zero-order valence-electron chi connectivity index (χ0n) is 30.9. The maximum atomic E-state index is 12.1. The van der Waals surface area contributed by atoms with Crippen molar-refractivity contribution in [1.82, 2.24) is 0 Å². The molecule has 10 atom stereocenters. The summed E-state index contributed by atoms with van der Waals surface area (Å²) in [5.74, 6) is -2.79. The molecule has 14 heteroatoms. The van der Waals surface area contributed by atoms with Gasteiger partial charge in [0.15, 0.2) is 30.9 Å². The van der Waals surface area contributed by atoms with Gasteiger partial charge in [-0.25, -0.2) is 0 Å². The Bertz CT molecular complexity index is 1010. The summed E-state index contributed by atoms with van der Waals surface area (Å²) in [6.45, 7) is 8.34. The Labute approximate surface area is 297 Å². The predicted molar refractivity (Wildman–Crippen MR) is 179 cm³/mol. The lowest BCUT2D eigenvalue weighted by atomic mass is 9.97. The van der Waals surface area contributed by atoms with Crippen molar-refractivity contribution in [2.75, 3.05) is 13.2 Å². The highest BCUT2D eigenvalue weighted by atomic mass is 16.8. The number of rotatable bonds is 23. The lowest BCUT2D eigenvalue weighted by Gasteiger charge is -2.47. The fourth-order valence-electron chi connectivity index (χ4n) is 6.25. The van der Waals surface area contributed by atoms with Crippen molar-refractivity contribution in [2.45, 2.75) is 193 Å². The number of unbranched alkanes of at least 4 members (excludes halogenated alkanes) is 13. The molecule has 0 unspecified atom stereocenters. The second-order valence-electron chi connectivity index (χ2n) is 13.3. The van der Waals surface area contributed by atoms with E-state index in [0.717, 1.165) is 33.1 Å². The van der Waals surface area contributed by atoms with Crippen LogP contribution in [0.25, 0.3) is 0 Å². The van der Waals surface area contributed by atoms with Crippen LogP contribution in [-0.4, -0.2) is 109 Å². The first-order valence-electron chi connectivity index (χ1n) is 18.4. The minimum atomic E-state index is -1.62. The van der Waals surface area contributed by atoms with Crippen LogP contribution in [-0.2, 0) is 57.1 Å². The molecule has 2 aliphatic rings. The Morgan fingerprint density at radius 2 is 1.04 bits per heavy atom. The monoisotopic (exact) mass is 718 g/mol. The standard InChI is InChI=1S/C36H62O14/c1-7-8-9-10-11-12-13-14-15-16-17-18-19-20-21-43-35-32(30(42)29(41)28(49-35)22-44-24(3)37)50-36-34(48-27(6)40)33(47-26(5)39)31(23(2)45-36)46-25(4)38/h23,28-36,41-42H,7-22H2,1-6H3/t23-,28+,29+,30-,31-,32+,33+,34+,35+,36-/m0/s1. The Hall–Kier alpha value is -2.36. The molecule has 2 fully saturated rings. The molecule has 2 rings (SSSR count). The summed E-state index contributed by atoms with van der Waals surface area (Å²) in [6.07, 6.45) is 3.47. The number of aliphatic hydroxyl groups excluding tert-OH is 2. The van der Waals surface area contributed by atoms with Gasteiger partial charge in [0.05, 0.1) is 6.10 Å². The minimum absolute atomic E-state index is 0.242. The van der Waals surface area contributed by atoms with Gasteiger partial charge in [0, 0.05) is 34.3 Å². The summed E-state index contributed by atoms with van der Waals surface area (Å²) in [5.41, 5.74) is 0. The van der Waals surface area contributed by atoms with Crippen molar-refractivity contribution in [1.29, 1.82) is 0 Å². The van der Waals surface area contributed by atoms with E-state index in [0.29, 0.717) is 6.42 Å². The first-order chi connectivity index (χ1) is 23.8. The van der Waals surface area contributed by atoms with Crippen LogP contribution in [0.5, 0.6) is 0 Å². The van der Waals surface area contributed by atoms with Crippen LogP contribution in [0.4, 0.5) is 0 Å². The topological polar surface area (TPSA) is 183 Å². The van der Waals surface area contributed by atoms with Gasteiger partial charge in [-0.15, -0.1) is 0 Å². The van der Waals surface area contributed by atoms with Crippen molar-refractivity contribution in [3.8, 4) is 0 Å². The van der Waals surface area contributed by atoms with Crippen LogP contribution >= 0.6 is 0 Å². The van der Waals surface area contributed by atoms with E-state index in [9.17, 15) is 29.4 Å². The van der Waals surface area contributed by atoms with Crippen molar-refractivity contribution < 1.29 is 67.3 Å². The molecule has 2 heterocycles. The van der Waals surface area contributed by atoms with E-state index in [2.05, 4.69) is 6.92 Å². The van der Waals surface area contributed by atoms with E-state index in [1.54, 1.807) is 6.92 Å². The number of carbonyl (C=O) groups excluding carboxylic acids is 4. The molecule has 0 aliphatic carbocycles. The van der Waals surface area contributed by atoms with E-state index < -0.39 is 85.3 Å². The molecular formula is C36H62O14. The highest BCUT2D eigenvalue weighted by Crippen LogP contribution is 2.33. The fourth-order valence-corrected chi connectivity index (χ4v) is 6.25. The van der Waals surface area contributed by atoms with Crippen LogP contribution < -0.4 is 0 Å². The van der Waals surface area contributed by atoms with Gasteiger partial charge in [0.1, 0.15) is 31.0 Å². The maximum Gasteiger partial charge on any atom is 0.303 e. The van der Waals surface area contributed by atoms with E-state index in [1.165, 1.54) is 78.1 Å². The molecule has 50 heavy (non-hydrogen) atoms. The molecule has 0 aromatic rings. The summed E-state index contributed by atoms with van der Waals surface area (Å²) >= 11 is 0. The van der Waals surface area contributed by atoms with E-state index in [1.807, 2.05) is 0 Å². The Morgan fingerprint density at radius 3 is 1.54 bits per heavy atom. The molecule has 2 saturated heterocycles. The third-order valence-corrected chi connectivity index (χ3v) is 8.80. The molecule has 14 nitrogen and oxygen atoms in total. The van der Waals surface area contributed by atoms with Gasteiger partial charge in [-0.1, -0.05) is 90.4 Å². The summed E-state index contributed by atoms with van der Waals surface area (Å²) < 4.78 is 45.3. The third kappa shape index (κ3) is 15.9. The molecular weight excluding hydrogens is 656 g/mol. The van der Waals surface area contributed by atoms with Crippen LogP contribution in [0.15, 0.2) is 0 Å². The normalized spacial score (nSPS) is 29.6. The SMILES string of the molecule is CCCCCCCCCCCCCCCCO[C@@H]1O[C@H](COC(C)=O)[C@@H](O)[C@H](O)[C@H]1O[C@@H]1O[C@@H](C)[C@H](OC(C)=O)[C@@H](OC(C)=O)[C@H]1OC(C)=O. The van der Waals surface area contributed by atoms with Crippen molar-refractivity contribution >= 4 is 23.9 Å². The van der Waals surface area contributed by atoms with Crippen LogP contribution in [0.2, 0.25) is 0 Å². The van der Waals surface area contributed by atoms with Gasteiger partial charge in [0.2, 0.25) is 0 Å². The Morgan fingerprint density at radius 1 is 0.560 bits per heavy atom. The number of esters is 4. The first kappa shape index (κ1) is 43.8. The second kappa shape index (κ2) is 24.0. The van der Waals surface area contributed by atoms with Gasteiger partial charge in [0.25, 0.3) is 0 Å². The van der Waals surface area contributed by atoms with Gasteiger partial charge >= 0.3 is 23.9 Å². The van der Waals surface area contributed by atoms with E-state index in [4.69, 9.17) is 37.9 Å². The van der Waals surface area contributed by atoms with Crippen molar-refractivity contribution in [2.24, 2.45) is 0 Å². The molecule has 0 spiro atoms. The molecule has 0 radical (unpaired) electrons. The van der Waals surface area contributed by atoms with E-state index in [-0.39, 0.29) is 13.2 Å². The van der Waals surface area contributed by atoms with Crippen LogP contribution in [0.1, 0.15) is 131 Å². The summed E-state index contributed by atoms with van der Waals surface area (Å²) in [7, 11) is 0. The Kier molecular flexibility index (Phi) is 21.0. The smallest absolute Gasteiger partial charge is 0.303 e. The zero-order chi connectivity index (χ0) is 37.1. The number of ether oxygens (including phenoxy) is 8. The zero-order valence-corrected chi connectivity index (χ0v) is 30.9. The van der Waals surface area contributed by atoms with Crippen molar-refractivity contribution in [3.63, 3.8) is 0 Å². The molecule has 0 bridgehead atoms. The van der Waals surface area contributed by atoms with Crippen LogP contribution in [0, 0.1) is 0 Å². The number of carbonyl (C=O) groups is 4. The first-order valence-corrected chi connectivity index (χ1v) is 18.4. The van der Waals surface area contributed by atoms with Gasteiger partial charge in [-0.2, -0.15) is 0 Å². The molecule has 0 aromatic carbocycles. The average Bonchev–Trinajstić information content (AvgIpc) is 3.04. The van der Waals surface area contributed by atoms with Gasteiger partial charge in [-0.05, 0) is 13.3 Å². The predicted octanol–water partition coefficient (Wildman–Crippen LogP) is 4.42. The highest BCUT2D eigenvalue weighted by molar-refractivity contribution is 5.68. The summed E-state index contributed by atoms with van der Waals surface area (Å²) in [6, 6.07) is 0. The van der Waals surface area contributed by atoms with Crippen LogP contribution in [0.3, 0.4) is 0 Å². The maximum absolute atomic E-state index is 12.1. The molecule has 0 saturated carbocycles. The van der Waals surface area contributed by atoms with E-state index >= 15 is 0 Å². The average molecular weight is 719 g/mol. The molecule has 0 amide bonds. The molecule has 2 N–H and O–H groups in total. The second-order valence-corrected chi connectivity index (χ2v) is 13.3. The van der Waals surface area contributed by atoms with Gasteiger partial charge < -0.3 is 48.1 Å². The highest BCUT2D eigenvalue weighted by Gasteiger charge is 2.54. The molecule has 290 valence electrons. The Balaban J connectivity index is 2.03. The summed E-state index contributed by atoms with van der Waals surface area (Å²) in [5, 5.41) is 22.1. The van der Waals surface area contributed by atoms with Crippen molar-refractivity contribution in [3.05, 3.63) is 0 Å². The number of aliphatic hydroxyl groups is 2. The number of hydrogen-bond acceptors (Lipinski definition) is 14. The lowest BCUT2D eigenvalue weighted by Crippen LogP contribution is -2.65. The number of hydrogen-bond donors (Lipinski definition) is 2. The lowest BCUT2D eigenvalue weighted by molar-refractivity contribution is -0.365. The molecule has 2 aliphatic heterocycles. The third-order valence-electron chi connectivity index (χ3n) is 8.80.